The van der Waals surface area contributed by atoms with Gasteiger partial charge in [0.25, 0.3) is 5.69 Å². The van der Waals surface area contributed by atoms with Crippen LogP contribution in [0.5, 0.6) is 0 Å². The van der Waals surface area contributed by atoms with Crippen molar-refractivity contribution in [3.8, 4) is 0 Å². The predicted molar refractivity (Wildman–Crippen MR) is 97.9 cm³/mol. The van der Waals surface area contributed by atoms with E-state index in [4.69, 9.17) is 0 Å². The number of anilines is 1. The van der Waals surface area contributed by atoms with Crippen molar-refractivity contribution in [2.45, 2.75) is 19.4 Å². The lowest BCUT2D eigenvalue weighted by atomic mass is 10.0. The van der Waals surface area contributed by atoms with Crippen molar-refractivity contribution in [2.75, 3.05) is 11.9 Å². The number of aliphatic hydroxyl groups is 1. The summed E-state index contributed by atoms with van der Waals surface area (Å²) in [5, 5.41) is 25.5. The molecule has 1 aromatic heterocycles. The van der Waals surface area contributed by atoms with E-state index < -0.39 is 4.92 Å². The number of aliphatic hydroxyl groups excluding tert-OH is 1. The monoisotopic (exact) mass is 347 g/mol. The largest absolute Gasteiger partial charge is 0.394 e. The van der Waals surface area contributed by atoms with Gasteiger partial charge in [-0.15, -0.1) is 12.4 Å². The minimum absolute atomic E-state index is 0. The number of hydrogen-bond acceptors (Lipinski definition) is 5. The number of halogens is 1. The first-order valence-electron chi connectivity index (χ1n) is 7.49. The molecule has 3 aromatic rings. The summed E-state index contributed by atoms with van der Waals surface area (Å²) >= 11 is 0. The van der Waals surface area contributed by atoms with Crippen molar-refractivity contribution < 1.29 is 10.0 Å². The van der Waals surface area contributed by atoms with Gasteiger partial charge in [-0.2, -0.15) is 0 Å². The molecule has 0 fully saturated rings. The van der Waals surface area contributed by atoms with Crippen LogP contribution in [0.3, 0.4) is 0 Å². The number of para-hydroxylation sites is 1. The van der Waals surface area contributed by atoms with Crippen LogP contribution in [-0.4, -0.2) is 27.7 Å². The van der Waals surface area contributed by atoms with Gasteiger partial charge >= 0.3 is 0 Å². The summed E-state index contributed by atoms with van der Waals surface area (Å²) in [6.45, 7) is 1.91. The first kappa shape index (κ1) is 17.9. The standard InChI is InChI=1S/C17H17N3O3.ClH/c1-2-11(10-21)18-17-12-6-3-4-7-13(12)19-14-8-5-9-15(16(14)17)20(22)23;/h3-9,11,21H,2,10H2,1H3,(H,18,19);1H. The molecule has 0 bridgehead atoms. The molecule has 24 heavy (non-hydrogen) atoms. The summed E-state index contributed by atoms with van der Waals surface area (Å²) < 4.78 is 0. The smallest absolute Gasteiger partial charge is 0.280 e. The lowest BCUT2D eigenvalue weighted by Gasteiger charge is -2.19. The fourth-order valence-corrected chi connectivity index (χ4v) is 2.71. The van der Waals surface area contributed by atoms with Crippen molar-refractivity contribution in [2.24, 2.45) is 0 Å². The number of rotatable bonds is 5. The van der Waals surface area contributed by atoms with E-state index in [-0.39, 0.29) is 30.7 Å². The Labute approximate surface area is 145 Å². The summed E-state index contributed by atoms with van der Waals surface area (Å²) in [4.78, 5) is 15.6. The molecule has 2 aromatic carbocycles. The highest BCUT2D eigenvalue weighted by atomic mass is 35.5. The first-order chi connectivity index (χ1) is 11.2. The van der Waals surface area contributed by atoms with Crippen LogP contribution in [0.1, 0.15) is 13.3 Å². The number of fused-ring (bicyclic) bond motifs is 2. The van der Waals surface area contributed by atoms with Crippen LogP contribution < -0.4 is 5.32 Å². The minimum Gasteiger partial charge on any atom is -0.394 e. The Balaban J connectivity index is 0.00000208. The Morgan fingerprint density at radius 1 is 1.21 bits per heavy atom. The van der Waals surface area contributed by atoms with Crippen LogP contribution in [0.4, 0.5) is 11.4 Å². The zero-order valence-corrected chi connectivity index (χ0v) is 13.9. The molecule has 1 unspecified atom stereocenters. The average molecular weight is 348 g/mol. The first-order valence-corrected chi connectivity index (χ1v) is 7.49. The van der Waals surface area contributed by atoms with Gasteiger partial charge in [0.2, 0.25) is 0 Å². The third-order valence-corrected chi connectivity index (χ3v) is 3.94. The molecule has 0 saturated heterocycles. The molecule has 1 atom stereocenters. The summed E-state index contributed by atoms with van der Waals surface area (Å²) in [6.07, 6.45) is 0.704. The van der Waals surface area contributed by atoms with E-state index in [1.807, 2.05) is 31.2 Å². The number of pyridine rings is 1. The zero-order chi connectivity index (χ0) is 16.4. The van der Waals surface area contributed by atoms with E-state index in [1.165, 1.54) is 6.07 Å². The van der Waals surface area contributed by atoms with Crippen LogP contribution >= 0.6 is 12.4 Å². The number of nitrogens with one attached hydrogen (secondary N) is 1. The van der Waals surface area contributed by atoms with Gasteiger partial charge in [-0.1, -0.05) is 31.2 Å². The molecule has 0 spiro atoms. The van der Waals surface area contributed by atoms with Gasteiger partial charge in [-0.3, -0.25) is 10.1 Å². The summed E-state index contributed by atoms with van der Waals surface area (Å²) in [5.41, 5.74) is 1.99. The highest BCUT2D eigenvalue weighted by Gasteiger charge is 2.20. The zero-order valence-electron chi connectivity index (χ0n) is 13.1. The van der Waals surface area contributed by atoms with Crippen LogP contribution in [0.2, 0.25) is 0 Å². The maximum Gasteiger partial charge on any atom is 0.280 e. The molecule has 7 heteroatoms. The van der Waals surface area contributed by atoms with E-state index >= 15 is 0 Å². The second-order valence-corrected chi connectivity index (χ2v) is 5.36. The minimum atomic E-state index is -0.399. The number of hydrogen-bond donors (Lipinski definition) is 2. The number of nitro groups is 1. The summed E-state index contributed by atoms with van der Waals surface area (Å²) in [7, 11) is 0. The number of nitrogens with zero attached hydrogens (tertiary/aromatic N) is 2. The Morgan fingerprint density at radius 2 is 1.92 bits per heavy atom. The lowest BCUT2D eigenvalue weighted by molar-refractivity contribution is -0.383. The lowest BCUT2D eigenvalue weighted by Crippen LogP contribution is -2.23. The second kappa shape index (κ2) is 7.42. The average Bonchev–Trinajstić information content (AvgIpc) is 2.58. The van der Waals surface area contributed by atoms with E-state index in [0.29, 0.717) is 23.0 Å². The Kier molecular flexibility index (Phi) is 5.54. The predicted octanol–water partition coefficient (Wildman–Crippen LogP) is 3.90. The topological polar surface area (TPSA) is 88.3 Å². The van der Waals surface area contributed by atoms with Gasteiger partial charge in [-0.25, -0.2) is 4.98 Å². The highest BCUT2D eigenvalue weighted by molar-refractivity contribution is 6.11. The molecular formula is C17H18ClN3O3. The quantitative estimate of drug-likeness (QED) is 0.415. The number of non-ortho nitro benzene ring substituents is 1. The van der Waals surface area contributed by atoms with Gasteiger partial charge in [0.1, 0.15) is 5.39 Å². The molecule has 0 radical (unpaired) electrons. The van der Waals surface area contributed by atoms with Crippen molar-refractivity contribution in [1.29, 1.82) is 0 Å². The van der Waals surface area contributed by atoms with Crippen molar-refractivity contribution in [3.63, 3.8) is 0 Å². The molecule has 0 amide bonds. The number of aromatic nitrogens is 1. The van der Waals surface area contributed by atoms with E-state index in [0.717, 1.165) is 10.9 Å². The summed E-state index contributed by atoms with van der Waals surface area (Å²) in [6, 6.07) is 12.2. The van der Waals surface area contributed by atoms with Crippen LogP contribution in [0.15, 0.2) is 42.5 Å². The Hall–Kier alpha value is -2.44. The van der Waals surface area contributed by atoms with Gasteiger partial charge in [0.15, 0.2) is 0 Å². The van der Waals surface area contributed by atoms with Crippen LogP contribution in [0.25, 0.3) is 21.8 Å². The fraction of sp³-hybridized carbons (Fsp3) is 0.235. The maximum atomic E-state index is 11.4. The SMILES string of the molecule is CCC(CO)Nc1c2ccccc2nc2cccc([N+](=O)[O-])c12.Cl. The van der Waals surface area contributed by atoms with E-state index in [2.05, 4.69) is 10.3 Å². The normalized spacial score (nSPS) is 11.9. The van der Waals surface area contributed by atoms with Crippen molar-refractivity contribution in [1.82, 2.24) is 4.98 Å². The molecule has 2 N–H and O–H groups in total. The molecule has 6 nitrogen and oxygen atoms in total. The van der Waals surface area contributed by atoms with Gasteiger partial charge in [-0.05, 0) is 18.6 Å². The van der Waals surface area contributed by atoms with Crippen molar-refractivity contribution in [3.05, 3.63) is 52.6 Å². The van der Waals surface area contributed by atoms with Gasteiger partial charge in [0, 0.05) is 17.5 Å². The molecule has 0 saturated carbocycles. The third-order valence-electron chi connectivity index (χ3n) is 3.94. The number of benzene rings is 2. The van der Waals surface area contributed by atoms with Gasteiger partial charge in [0.05, 0.1) is 28.3 Å². The van der Waals surface area contributed by atoms with E-state index in [1.54, 1.807) is 12.1 Å². The second-order valence-electron chi connectivity index (χ2n) is 5.36. The number of nitro benzene ring substituents is 1. The van der Waals surface area contributed by atoms with Gasteiger partial charge < -0.3 is 10.4 Å². The van der Waals surface area contributed by atoms with Crippen LogP contribution in [0, 0.1) is 10.1 Å². The van der Waals surface area contributed by atoms with Crippen LogP contribution in [-0.2, 0) is 0 Å². The molecule has 0 aliphatic carbocycles. The fourth-order valence-electron chi connectivity index (χ4n) is 2.71. The molecule has 0 aliphatic heterocycles. The third kappa shape index (κ3) is 3.11. The molecule has 3 rings (SSSR count). The maximum absolute atomic E-state index is 11.4. The molecular weight excluding hydrogens is 330 g/mol. The van der Waals surface area contributed by atoms with Crippen molar-refractivity contribution >= 4 is 45.6 Å². The Morgan fingerprint density at radius 3 is 2.58 bits per heavy atom. The molecule has 126 valence electrons. The Bertz CT molecular complexity index is 881. The molecule has 1 heterocycles. The highest BCUT2D eigenvalue weighted by Crippen LogP contribution is 2.36. The van der Waals surface area contributed by atoms with E-state index in [9.17, 15) is 15.2 Å². The summed E-state index contributed by atoms with van der Waals surface area (Å²) in [5.74, 6) is 0. The molecule has 0 aliphatic rings.